The number of sulfone groups is 1. The summed E-state index contributed by atoms with van der Waals surface area (Å²) in [5, 5.41) is 3.86. The molecule has 1 fully saturated rings. The summed E-state index contributed by atoms with van der Waals surface area (Å²) < 4.78 is 64.4. The van der Waals surface area contributed by atoms with Crippen LogP contribution in [0.3, 0.4) is 0 Å². The van der Waals surface area contributed by atoms with Crippen molar-refractivity contribution < 1.29 is 21.9 Å². The lowest BCUT2D eigenvalue weighted by molar-refractivity contribution is 0.107. The monoisotopic (exact) mass is 521 g/mol. The number of hydrogen-bond donors (Lipinski definition) is 1. The number of hydrogen-bond acceptors (Lipinski definition) is 5. The molecule has 0 unspecified atom stereocenters. The fourth-order valence-electron chi connectivity index (χ4n) is 5.49. The minimum Gasteiger partial charge on any atom is -0.490 e. The third-order valence-corrected chi connectivity index (χ3v) is 10.2. The molecule has 3 aromatic rings. The molecular formula is C25H26ClF2N3O3S. The van der Waals surface area contributed by atoms with E-state index in [9.17, 15) is 12.8 Å². The number of rotatable bonds is 5. The molecule has 1 aliphatic carbocycles. The summed E-state index contributed by atoms with van der Waals surface area (Å²) in [7, 11) is -2.21. The number of benzene rings is 2. The normalized spacial score (nSPS) is 23.9. The van der Waals surface area contributed by atoms with Crippen LogP contribution in [0.4, 0.5) is 8.78 Å². The molecule has 2 aliphatic rings. The number of nitrogens with zero attached hydrogens (tertiary/aromatic N) is 2. The van der Waals surface area contributed by atoms with Crippen LogP contribution < -0.4 is 10.1 Å². The molecule has 0 bridgehead atoms. The van der Waals surface area contributed by atoms with Crippen LogP contribution in [0.2, 0.25) is 5.02 Å². The standard InChI is InChI=1S/C25H26ClF2N3O3S/c1-15-30-19(13-31(15)2)12-29-18-9-10-25(35(32,33)20-5-3-17(26)4-6-20)16(11-18)14-34-24-22(28)8-7-21(27)23(24)25/h3-8,13,16,18,29H,9-12,14H2,1-2H3/t16-,18-,25+/m1/s1. The lowest BCUT2D eigenvalue weighted by Crippen LogP contribution is -2.55. The van der Waals surface area contributed by atoms with Gasteiger partial charge in [0.15, 0.2) is 21.4 Å². The van der Waals surface area contributed by atoms with Crippen molar-refractivity contribution in [3.05, 3.63) is 76.3 Å². The third-order valence-electron chi connectivity index (χ3n) is 7.34. The third kappa shape index (κ3) is 3.93. The van der Waals surface area contributed by atoms with Crippen LogP contribution in [-0.2, 0) is 28.2 Å². The van der Waals surface area contributed by atoms with Gasteiger partial charge in [-0.2, -0.15) is 0 Å². The number of aromatic nitrogens is 2. The van der Waals surface area contributed by atoms with Gasteiger partial charge in [0, 0.05) is 36.8 Å². The summed E-state index contributed by atoms with van der Waals surface area (Å²) in [6, 6.07) is 7.74. The van der Waals surface area contributed by atoms with Crippen molar-refractivity contribution in [2.75, 3.05) is 6.61 Å². The molecule has 1 aliphatic heterocycles. The van der Waals surface area contributed by atoms with Crippen LogP contribution in [0.1, 0.15) is 36.3 Å². The number of nitrogens with one attached hydrogen (secondary N) is 1. The van der Waals surface area contributed by atoms with Gasteiger partial charge in [-0.15, -0.1) is 0 Å². The highest BCUT2D eigenvalue weighted by atomic mass is 35.5. The van der Waals surface area contributed by atoms with Crippen LogP contribution in [0, 0.1) is 24.5 Å². The van der Waals surface area contributed by atoms with Crippen molar-refractivity contribution in [2.45, 2.75) is 48.4 Å². The molecule has 1 N–H and O–H groups in total. The maximum Gasteiger partial charge on any atom is 0.188 e. The first kappa shape index (κ1) is 24.2. The van der Waals surface area contributed by atoms with E-state index in [-0.39, 0.29) is 35.3 Å². The average molecular weight is 522 g/mol. The van der Waals surface area contributed by atoms with Crippen LogP contribution >= 0.6 is 11.6 Å². The Morgan fingerprint density at radius 3 is 2.60 bits per heavy atom. The Bertz CT molecular complexity index is 1360. The molecule has 0 amide bonds. The van der Waals surface area contributed by atoms with Gasteiger partial charge in [0.1, 0.15) is 16.4 Å². The molecule has 2 aromatic carbocycles. The minimum atomic E-state index is -4.13. The number of aryl methyl sites for hydroxylation is 2. The lowest BCUT2D eigenvalue weighted by atomic mass is 9.71. The van der Waals surface area contributed by atoms with Crippen LogP contribution in [0.25, 0.3) is 0 Å². The maximum absolute atomic E-state index is 15.3. The topological polar surface area (TPSA) is 73.2 Å². The van der Waals surface area contributed by atoms with E-state index in [1.54, 1.807) is 0 Å². The zero-order chi connectivity index (χ0) is 25.0. The van der Waals surface area contributed by atoms with E-state index in [1.807, 2.05) is 24.7 Å². The quantitative estimate of drug-likeness (QED) is 0.528. The second kappa shape index (κ2) is 8.87. The number of ether oxygens (including phenoxy) is 1. The SMILES string of the molecule is Cc1nc(CN[C@@H]2CC[C@@]3(S(=O)(=O)c4ccc(Cl)cc4)c4c(F)ccc(F)c4OC[C@H]3C2)cn1C. The Labute approximate surface area is 208 Å². The fraction of sp³-hybridized carbons (Fsp3) is 0.400. The zero-order valence-corrected chi connectivity index (χ0v) is 21.0. The van der Waals surface area contributed by atoms with Gasteiger partial charge >= 0.3 is 0 Å². The fourth-order valence-corrected chi connectivity index (χ4v) is 7.98. The molecular weight excluding hydrogens is 496 g/mol. The van der Waals surface area contributed by atoms with E-state index in [0.717, 1.165) is 23.7 Å². The largest absolute Gasteiger partial charge is 0.490 e. The predicted octanol–water partition coefficient (Wildman–Crippen LogP) is 4.68. The molecule has 6 nitrogen and oxygen atoms in total. The zero-order valence-electron chi connectivity index (χ0n) is 19.4. The molecule has 2 heterocycles. The number of imidazole rings is 1. The summed E-state index contributed by atoms with van der Waals surface area (Å²) >= 11 is 5.99. The first-order valence-electron chi connectivity index (χ1n) is 11.5. The van der Waals surface area contributed by atoms with Gasteiger partial charge in [-0.1, -0.05) is 11.6 Å². The van der Waals surface area contributed by atoms with Crippen molar-refractivity contribution in [3.8, 4) is 5.75 Å². The van der Waals surface area contributed by atoms with E-state index in [0.29, 0.717) is 24.4 Å². The molecule has 5 rings (SSSR count). The molecule has 0 radical (unpaired) electrons. The molecule has 0 saturated heterocycles. The minimum absolute atomic E-state index is 0.0266. The Hall–Kier alpha value is -2.49. The molecule has 35 heavy (non-hydrogen) atoms. The van der Waals surface area contributed by atoms with E-state index >= 15 is 4.39 Å². The maximum atomic E-state index is 15.3. The molecule has 10 heteroatoms. The summed E-state index contributed by atoms with van der Waals surface area (Å²) in [5.41, 5.74) is 0.677. The molecule has 1 aromatic heterocycles. The van der Waals surface area contributed by atoms with Gasteiger partial charge in [0.2, 0.25) is 0 Å². The van der Waals surface area contributed by atoms with E-state index in [4.69, 9.17) is 16.3 Å². The Balaban J connectivity index is 1.54. The lowest BCUT2D eigenvalue weighted by Gasteiger charge is -2.49. The molecule has 3 atom stereocenters. The Kier molecular flexibility index (Phi) is 6.14. The van der Waals surface area contributed by atoms with Gasteiger partial charge < -0.3 is 14.6 Å². The molecule has 0 spiro atoms. The highest BCUT2D eigenvalue weighted by molar-refractivity contribution is 7.92. The summed E-state index contributed by atoms with van der Waals surface area (Å²) in [6.07, 6.45) is 2.95. The van der Waals surface area contributed by atoms with E-state index in [1.165, 1.54) is 24.3 Å². The second-order valence-corrected chi connectivity index (χ2v) is 12.0. The van der Waals surface area contributed by atoms with E-state index < -0.39 is 32.1 Å². The van der Waals surface area contributed by atoms with Crippen LogP contribution in [-0.4, -0.2) is 30.6 Å². The first-order valence-corrected chi connectivity index (χ1v) is 13.3. The van der Waals surface area contributed by atoms with Gasteiger partial charge in [-0.3, -0.25) is 0 Å². The average Bonchev–Trinajstić information content (AvgIpc) is 3.16. The number of halogens is 3. The second-order valence-electron chi connectivity index (χ2n) is 9.33. The smallest absolute Gasteiger partial charge is 0.188 e. The Morgan fingerprint density at radius 2 is 1.91 bits per heavy atom. The summed E-state index contributed by atoms with van der Waals surface area (Å²) in [6.45, 7) is 2.42. The highest BCUT2D eigenvalue weighted by Gasteiger charge is 2.59. The van der Waals surface area contributed by atoms with Gasteiger partial charge in [-0.25, -0.2) is 22.2 Å². The van der Waals surface area contributed by atoms with Crippen molar-refractivity contribution in [1.29, 1.82) is 0 Å². The van der Waals surface area contributed by atoms with Crippen LogP contribution in [0.15, 0.2) is 47.5 Å². The van der Waals surface area contributed by atoms with Crippen molar-refractivity contribution in [1.82, 2.24) is 14.9 Å². The Morgan fingerprint density at radius 1 is 1.20 bits per heavy atom. The van der Waals surface area contributed by atoms with Crippen molar-refractivity contribution in [3.63, 3.8) is 0 Å². The number of fused-ring (bicyclic) bond motifs is 3. The first-order chi connectivity index (χ1) is 16.6. The summed E-state index contributed by atoms with van der Waals surface area (Å²) in [5.74, 6) is -1.54. The van der Waals surface area contributed by atoms with Gasteiger partial charge in [-0.05, 0) is 62.6 Å². The van der Waals surface area contributed by atoms with E-state index in [2.05, 4.69) is 10.3 Å². The predicted molar refractivity (Wildman–Crippen MR) is 128 cm³/mol. The van der Waals surface area contributed by atoms with Crippen LogP contribution in [0.5, 0.6) is 5.75 Å². The molecule has 186 valence electrons. The highest BCUT2D eigenvalue weighted by Crippen LogP contribution is 2.56. The van der Waals surface area contributed by atoms with Crippen molar-refractivity contribution >= 4 is 21.4 Å². The van der Waals surface area contributed by atoms with Crippen molar-refractivity contribution in [2.24, 2.45) is 13.0 Å². The molecule has 1 saturated carbocycles. The summed E-state index contributed by atoms with van der Waals surface area (Å²) in [4.78, 5) is 4.53. The van der Waals surface area contributed by atoms with Gasteiger partial charge in [0.05, 0.1) is 22.8 Å². The van der Waals surface area contributed by atoms with Gasteiger partial charge in [0.25, 0.3) is 0 Å².